The largest absolute Gasteiger partial charge is 0.481 e. The molecule has 0 aliphatic heterocycles. The van der Waals surface area contributed by atoms with Crippen molar-refractivity contribution in [1.82, 2.24) is 4.90 Å². The highest BCUT2D eigenvalue weighted by Gasteiger charge is 2.36. The first-order chi connectivity index (χ1) is 8.81. The molecule has 19 heavy (non-hydrogen) atoms. The van der Waals surface area contributed by atoms with Crippen LogP contribution < -0.4 is 5.73 Å². The van der Waals surface area contributed by atoms with Crippen LogP contribution in [-0.2, 0) is 14.4 Å². The van der Waals surface area contributed by atoms with E-state index in [-0.39, 0.29) is 24.3 Å². The minimum atomic E-state index is -0.847. The van der Waals surface area contributed by atoms with Crippen molar-refractivity contribution in [2.45, 2.75) is 33.1 Å². The molecular formula is C13H22N2O4. The van der Waals surface area contributed by atoms with Crippen LogP contribution in [0.1, 0.15) is 33.1 Å². The van der Waals surface area contributed by atoms with Crippen LogP contribution in [0.4, 0.5) is 0 Å². The lowest BCUT2D eigenvalue weighted by Gasteiger charge is -2.26. The van der Waals surface area contributed by atoms with Gasteiger partial charge in [-0.25, -0.2) is 0 Å². The van der Waals surface area contributed by atoms with Gasteiger partial charge in [0.2, 0.25) is 11.8 Å². The van der Waals surface area contributed by atoms with E-state index in [1.54, 1.807) is 0 Å². The lowest BCUT2D eigenvalue weighted by Crippen LogP contribution is -2.43. The smallest absolute Gasteiger partial charge is 0.306 e. The second-order valence-corrected chi connectivity index (χ2v) is 5.62. The molecule has 0 spiro atoms. The van der Waals surface area contributed by atoms with Crippen molar-refractivity contribution in [3.8, 4) is 0 Å². The van der Waals surface area contributed by atoms with Crippen molar-refractivity contribution in [3.63, 3.8) is 0 Å². The number of carbonyl (C=O) groups is 3. The van der Waals surface area contributed by atoms with Crippen molar-refractivity contribution in [2.75, 3.05) is 13.1 Å². The normalized spacial score (nSPS) is 22.5. The molecule has 0 aromatic carbocycles. The number of nitrogens with two attached hydrogens (primary N) is 1. The number of carbonyl (C=O) groups excluding carboxylic acids is 2. The quantitative estimate of drug-likeness (QED) is 0.732. The van der Waals surface area contributed by atoms with Crippen LogP contribution in [0.5, 0.6) is 0 Å². The lowest BCUT2D eigenvalue weighted by molar-refractivity contribution is -0.142. The van der Waals surface area contributed by atoms with Gasteiger partial charge >= 0.3 is 5.97 Å². The molecule has 1 rings (SSSR count). The molecule has 2 unspecified atom stereocenters. The summed E-state index contributed by atoms with van der Waals surface area (Å²) < 4.78 is 0. The number of hydrogen-bond acceptors (Lipinski definition) is 3. The first-order valence-electron chi connectivity index (χ1n) is 6.61. The molecule has 1 aliphatic carbocycles. The molecule has 0 aromatic heterocycles. The maximum absolute atomic E-state index is 12.3. The zero-order valence-electron chi connectivity index (χ0n) is 11.5. The third-order valence-electron chi connectivity index (χ3n) is 3.38. The molecule has 2 amide bonds. The Kier molecular flexibility index (Phi) is 5.32. The molecule has 108 valence electrons. The summed E-state index contributed by atoms with van der Waals surface area (Å²) in [6.07, 6.45) is 1.46. The Morgan fingerprint density at radius 1 is 1.26 bits per heavy atom. The lowest BCUT2D eigenvalue weighted by atomic mass is 10.0. The van der Waals surface area contributed by atoms with Crippen LogP contribution in [-0.4, -0.2) is 40.9 Å². The van der Waals surface area contributed by atoms with E-state index in [4.69, 9.17) is 10.8 Å². The molecule has 6 heteroatoms. The molecule has 1 fully saturated rings. The number of nitrogens with zero attached hydrogens (tertiary/aromatic N) is 1. The van der Waals surface area contributed by atoms with Crippen LogP contribution in [0, 0.1) is 17.8 Å². The molecule has 0 saturated heterocycles. The van der Waals surface area contributed by atoms with Gasteiger partial charge in [-0.1, -0.05) is 13.8 Å². The van der Waals surface area contributed by atoms with Crippen molar-refractivity contribution < 1.29 is 19.5 Å². The maximum atomic E-state index is 12.3. The molecule has 6 nitrogen and oxygen atoms in total. The second kappa shape index (κ2) is 6.54. The van der Waals surface area contributed by atoms with E-state index in [0.29, 0.717) is 25.8 Å². The molecule has 0 bridgehead atoms. The van der Waals surface area contributed by atoms with Crippen LogP contribution in [0.3, 0.4) is 0 Å². The van der Waals surface area contributed by atoms with E-state index in [1.165, 1.54) is 4.90 Å². The van der Waals surface area contributed by atoms with Crippen molar-refractivity contribution >= 4 is 17.8 Å². The fourth-order valence-electron chi connectivity index (χ4n) is 2.55. The first kappa shape index (κ1) is 15.5. The van der Waals surface area contributed by atoms with Crippen LogP contribution in [0.15, 0.2) is 0 Å². The van der Waals surface area contributed by atoms with Gasteiger partial charge < -0.3 is 15.7 Å². The van der Waals surface area contributed by atoms with Crippen LogP contribution in [0.2, 0.25) is 0 Å². The average Bonchev–Trinajstić information content (AvgIpc) is 2.75. The predicted molar refractivity (Wildman–Crippen MR) is 69.1 cm³/mol. The zero-order valence-corrected chi connectivity index (χ0v) is 11.5. The SMILES string of the molecule is CC(C)CN(CC(N)=O)C(=O)C1CCC(C(=O)O)C1. The number of primary amides is 1. The molecule has 3 N–H and O–H groups in total. The van der Waals surface area contributed by atoms with Gasteiger partial charge in [-0.15, -0.1) is 0 Å². The van der Waals surface area contributed by atoms with E-state index < -0.39 is 17.8 Å². The van der Waals surface area contributed by atoms with Gasteiger partial charge in [-0.3, -0.25) is 14.4 Å². The van der Waals surface area contributed by atoms with Crippen molar-refractivity contribution in [2.24, 2.45) is 23.5 Å². The summed E-state index contributed by atoms with van der Waals surface area (Å²) in [5, 5.41) is 8.94. The minimum absolute atomic E-state index is 0.0920. The third kappa shape index (κ3) is 4.54. The second-order valence-electron chi connectivity index (χ2n) is 5.62. The van der Waals surface area contributed by atoms with Crippen molar-refractivity contribution in [1.29, 1.82) is 0 Å². The maximum Gasteiger partial charge on any atom is 0.306 e. The highest BCUT2D eigenvalue weighted by atomic mass is 16.4. The van der Waals surface area contributed by atoms with Gasteiger partial charge in [0.05, 0.1) is 12.5 Å². The molecule has 2 atom stereocenters. The third-order valence-corrected chi connectivity index (χ3v) is 3.38. The average molecular weight is 270 g/mol. The Labute approximate surface area is 112 Å². The number of aliphatic carboxylic acids is 1. The highest BCUT2D eigenvalue weighted by molar-refractivity contribution is 5.86. The summed E-state index contributed by atoms with van der Waals surface area (Å²) >= 11 is 0. The molecule has 0 radical (unpaired) electrons. The van der Waals surface area contributed by atoms with E-state index >= 15 is 0 Å². The fourth-order valence-corrected chi connectivity index (χ4v) is 2.55. The van der Waals surface area contributed by atoms with Gasteiger partial charge in [-0.2, -0.15) is 0 Å². The van der Waals surface area contributed by atoms with E-state index in [2.05, 4.69) is 0 Å². The van der Waals surface area contributed by atoms with Gasteiger partial charge in [-0.05, 0) is 25.2 Å². The van der Waals surface area contributed by atoms with E-state index in [0.717, 1.165) is 0 Å². The van der Waals surface area contributed by atoms with Crippen molar-refractivity contribution in [3.05, 3.63) is 0 Å². The Morgan fingerprint density at radius 3 is 2.26 bits per heavy atom. The molecule has 0 heterocycles. The Bertz CT molecular complexity index is 368. The summed E-state index contributed by atoms with van der Waals surface area (Å²) in [5.41, 5.74) is 5.15. The Morgan fingerprint density at radius 2 is 1.84 bits per heavy atom. The number of amides is 2. The highest BCUT2D eigenvalue weighted by Crippen LogP contribution is 2.32. The number of carboxylic acid groups (broad SMARTS) is 1. The monoisotopic (exact) mass is 270 g/mol. The van der Waals surface area contributed by atoms with Crippen LogP contribution in [0.25, 0.3) is 0 Å². The number of rotatable bonds is 6. The Balaban J connectivity index is 2.66. The first-order valence-corrected chi connectivity index (χ1v) is 6.61. The van der Waals surface area contributed by atoms with Crippen LogP contribution >= 0.6 is 0 Å². The summed E-state index contributed by atoms with van der Waals surface area (Å²) in [5.74, 6) is -2.03. The van der Waals surface area contributed by atoms with Gasteiger partial charge in [0.25, 0.3) is 0 Å². The fraction of sp³-hybridized carbons (Fsp3) is 0.769. The summed E-state index contributed by atoms with van der Waals surface area (Å²) in [6, 6.07) is 0. The van der Waals surface area contributed by atoms with Gasteiger partial charge in [0, 0.05) is 12.5 Å². The van der Waals surface area contributed by atoms with E-state index in [1.807, 2.05) is 13.8 Å². The molecule has 1 saturated carbocycles. The number of carboxylic acids is 1. The van der Waals surface area contributed by atoms with E-state index in [9.17, 15) is 14.4 Å². The molecule has 0 aromatic rings. The summed E-state index contributed by atoms with van der Waals surface area (Å²) in [7, 11) is 0. The van der Waals surface area contributed by atoms with Gasteiger partial charge in [0.1, 0.15) is 0 Å². The zero-order chi connectivity index (χ0) is 14.6. The minimum Gasteiger partial charge on any atom is -0.481 e. The van der Waals surface area contributed by atoms with Gasteiger partial charge in [0.15, 0.2) is 0 Å². The molecule has 1 aliphatic rings. The summed E-state index contributed by atoms with van der Waals surface area (Å²) in [6.45, 7) is 4.28. The molecular weight excluding hydrogens is 248 g/mol. The summed E-state index contributed by atoms with van der Waals surface area (Å²) in [4.78, 5) is 35.7. The standard InChI is InChI=1S/C13H22N2O4/c1-8(2)6-15(7-11(14)16)12(17)9-3-4-10(5-9)13(18)19/h8-10H,3-7H2,1-2H3,(H2,14,16)(H,18,19). The number of hydrogen-bond donors (Lipinski definition) is 2. The topological polar surface area (TPSA) is 101 Å². The Hall–Kier alpha value is -1.59. The predicted octanol–water partition coefficient (Wildman–Crippen LogP) is 0.457.